The van der Waals surface area contributed by atoms with Crippen LogP contribution in [0.5, 0.6) is 51.7 Å². The van der Waals surface area contributed by atoms with Crippen molar-refractivity contribution in [2.75, 3.05) is 38.3 Å². The van der Waals surface area contributed by atoms with Crippen LogP contribution < -0.4 is 82.6 Å². The maximum absolute atomic E-state index is 16.4. The Morgan fingerprint density at radius 2 is 1.30 bits per heavy atom. The van der Waals surface area contributed by atoms with Gasteiger partial charge in [0.1, 0.15) is 114 Å². The van der Waals surface area contributed by atoms with Crippen molar-refractivity contribution in [2.24, 2.45) is 35.3 Å². The first kappa shape index (κ1) is 84.9. The van der Waals surface area contributed by atoms with E-state index in [1.54, 1.807) is 0 Å². The molecule has 15 bridgehead atoms. The molecule has 0 spiro atoms. The number of sulfonamides is 1. The Morgan fingerprint density at radius 1 is 0.661 bits per heavy atom. The number of hydrogen-bond donors (Lipinski definition) is 20. The van der Waals surface area contributed by atoms with E-state index in [9.17, 15) is 63.7 Å². The van der Waals surface area contributed by atoms with Crippen LogP contribution in [0, 0.1) is 36.5 Å². The van der Waals surface area contributed by atoms with E-state index < -0.39 is 202 Å². The first-order chi connectivity index (χ1) is 56.1. The molecule has 0 aromatic heterocycles. The summed E-state index contributed by atoms with van der Waals surface area (Å²) in [4.78, 5) is 138. The molecule has 38 heteroatoms. The minimum Gasteiger partial charge on any atom is -0.508 e. The third-order valence-electron chi connectivity index (χ3n) is 22.3. The van der Waals surface area contributed by atoms with E-state index in [1.807, 2.05) is 13.8 Å². The zero-order chi connectivity index (χ0) is 84.6. The van der Waals surface area contributed by atoms with E-state index >= 15 is 28.8 Å². The molecule has 4 saturated carbocycles. The quantitative estimate of drug-likeness (QED) is 0.0548. The lowest BCUT2D eigenvalue weighted by Gasteiger charge is -2.54. The lowest BCUT2D eigenvalue weighted by Crippen LogP contribution is -2.60. The number of carbonyl (C=O) groups excluding carboxylic acids is 9. The number of halogens is 1. The van der Waals surface area contributed by atoms with Crippen molar-refractivity contribution in [1.82, 2.24) is 52.6 Å². The van der Waals surface area contributed by atoms with Crippen LogP contribution >= 0.6 is 11.6 Å². The van der Waals surface area contributed by atoms with Crippen molar-refractivity contribution in [3.05, 3.63) is 142 Å². The number of phenolic OH excluding ortho intramolecular Hbond substituents is 3. The number of hydrogen-bond acceptors (Lipinski definition) is 26. The molecule has 16 rings (SSSR count). The third kappa shape index (κ3) is 18.8. The molecule has 6 aromatic carbocycles. The average Bonchev–Trinajstić information content (AvgIpc) is 0.747. The largest absolute Gasteiger partial charge is 0.508 e. The number of benzene rings is 6. The number of imide groups is 1. The Hall–Kier alpha value is -11.0. The smallest absolute Gasteiger partial charge is 0.325 e. The summed E-state index contributed by atoms with van der Waals surface area (Å²) in [5.41, 5.74) is 4.18. The zero-order valence-electron chi connectivity index (χ0n) is 64.4. The monoisotopic (exact) mass is 1670 g/mol. The number of anilines is 1. The van der Waals surface area contributed by atoms with Crippen LogP contribution in [-0.2, 0) is 53.1 Å². The van der Waals surface area contributed by atoms with Gasteiger partial charge in [0.25, 0.3) is 0 Å². The fourth-order valence-corrected chi connectivity index (χ4v) is 17.4. The first-order valence-electron chi connectivity index (χ1n) is 38.4. The molecule has 14 atom stereocenters. The second-order valence-corrected chi connectivity index (χ2v) is 33.5. The lowest BCUT2D eigenvalue weighted by molar-refractivity contribution is -0.270. The van der Waals surface area contributed by atoms with E-state index in [0.29, 0.717) is 11.8 Å². The van der Waals surface area contributed by atoms with Gasteiger partial charge in [0, 0.05) is 42.0 Å². The molecule has 0 unspecified atom stereocenters. The number of aryl methyl sites for hydroxylation is 1. The molecule has 6 aromatic rings. The number of aliphatic hydroxyl groups is 5. The number of amides is 10. The Kier molecular flexibility index (Phi) is 25.4. The van der Waals surface area contributed by atoms with E-state index in [4.69, 9.17) is 41.0 Å². The van der Waals surface area contributed by atoms with Crippen molar-refractivity contribution < 1.29 is 116 Å². The van der Waals surface area contributed by atoms with Gasteiger partial charge in [-0.3, -0.25) is 43.7 Å². The summed E-state index contributed by atoms with van der Waals surface area (Å²) in [5, 5.41) is 120. The molecule has 4 aliphatic carbocycles. The number of aliphatic hydroxyl groups excluding tert-OH is 5. The molecule has 630 valence electrons. The molecule has 36 nitrogen and oxygen atoms in total. The van der Waals surface area contributed by atoms with Gasteiger partial charge in [0.2, 0.25) is 69.3 Å². The van der Waals surface area contributed by atoms with Gasteiger partial charge in [0.15, 0.2) is 11.5 Å². The van der Waals surface area contributed by atoms with Crippen LogP contribution in [0.3, 0.4) is 0 Å². The Balaban J connectivity index is 0.971. The van der Waals surface area contributed by atoms with Crippen molar-refractivity contribution in [3.8, 4) is 62.9 Å². The van der Waals surface area contributed by atoms with Gasteiger partial charge >= 0.3 is 6.03 Å². The third-order valence-corrected chi connectivity index (χ3v) is 23.3. The Morgan fingerprint density at radius 3 is 1.94 bits per heavy atom. The first-order valence-corrected chi connectivity index (χ1v) is 40.7. The maximum atomic E-state index is 16.4. The van der Waals surface area contributed by atoms with E-state index in [2.05, 4.69) is 57.9 Å². The molecular formula is C80H93ClN12O24S. The minimum atomic E-state index is -3.53. The second kappa shape index (κ2) is 35.3. The summed E-state index contributed by atoms with van der Waals surface area (Å²) in [7, 11) is -2.05. The number of carbonyl (C=O) groups is 9. The Bertz CT molecular complexity index is 4990. The number of urea groups is 1. The highest BCUT2D eigenvalue weighted by Crippen LogP contribution is 2.55. The van der Waals surface area contributed by atoms with Crippen molar-refractivity contribution >= 4 is 80.6 Å². The number of phenols is 3. The van der Waals surface area contributed by atoms with Crippen LogP contribution in [0.1, 0.15) is 123 Å². The average molecular weight is 1670 g/mol. The van der Waals surface area contributed by atoms with Gasteiger partial charge in [-0.15, -0.1) is 0 Å². The van der Waals surface area contributed by atoms with Crippen LogP contribution in [0.4, 0.5) is 10.5 Å². The second-order valence-electron chi connectivity index (χ2n) is 31.3. The van der Waals surface area contributed by atoms with Gasteiger partial charge in [-0.1, -0.05) is 43.6 Å². The maximum Gasteiger partial charge on any atom is 0.325 e. The minimum absolute atomic E-state index is 0.0636. The van der Waals surface area contributed by atoms with Crippen LogP contribution in [0.15, 0.2) is 103 Å². The summed E-state index contributed by atoms with van der Waals surface area (Å²) in [5.74, 6) is -12.9. The van der Waals surface area contributed by atoms with Gasteiger partial charge < -0.3 is 118 Å². The van der Waals surface area contributed by atoms with Gasteiger partial charge in [-0.2, -0.15) is 0 Å². The van der Waals surface area contributed by atoms with E-state index in [-0.39, 0.29) is 110 Å². The standard InChI is InChI=1S/C80H93ClN12O24S/c1-33(2)18-49(83-4)72(103)92-64-66(98)38-7-14-53(34(3)19-38)114-55-27-42-28-56(71(55)117-79-70(102)69(101)68(100)57(32-82)116-79)115-54-15-8-39(26-48(54)81)67(99)65-78(109)91-63(76(107)88-60-40-21-35-20-36(23-40)24-41(60)22-35)47-29-44(94)30-52(96)59(47)46-25-37(6-13-51(46)95)61(74(105)93-65)90-75(106)62(42)89-73(104)50(86-77(64)108)31-58(97)87-80(110)85-43-9-11-45(12-10-43)113-17-16-84-118(5,111)112/h6-15,19,25-30,33,35-36,40-41,49-50,57,60-70,79,83-84,94-96,98-102H,16-18,20-24,31-32,82H2,1-5H3,(H,86,108)(H,88,107)(H,89,104)(H,90,106)(H,91,109)(H,92,103)(H,93,105)(H2,85,87,97,110)/t35?,36?,40?,41?,49-,50+,57-,60?,61-,62-,63+,64-,65+,66-,67-,68-,69+,70-,79+/m1/s1. The highest BCUT2D eigenvalue weighted by molar-refractivity contribution is 7.88. The van der Waals surface area contributed by atoms with Crippen molar-refractivity contribution in [3.63, 3.8) is 0 Å². The number of aromatic hydroxyl groups is 3. The van der Waals surface area contributed by atoms with Crippen molar-refractivity contribution in [2.45, 2.75) is 157 Å². The van der Waals surface area contributed by atoms with Gasteiger partial charge in [0.05, 0.1) is 23.7 Å². The molecule has 6 aliphatic heterocycles. The number of fused-ring (bicyclic) bond motifs is 15. The predicted octanol–water partition coefficient (Wildman–Crippen LogP) is 2.14. The molecule has 1 saturated heterocycles. The zero-order valence-corrected chi connectivity index (χ0v) is 66.0. The number of ether oxygens (including phenoxy) is 5. The molecule has 6 heterocycles. The normalized spacial score (nSPS) is 27.6. The predicted molar refractivity (Wildman–Crippen MR) is 419 cm³/mol. The van der Waals surface area contributed by atoms with E-state index in [1.165, 1.54) is 68.6 Å². The summed E-state index contributed by atoms with van der Waals surface area (Å²) in [6, 6.07) is 4.85. The molecule has 5 fully saturated rings. The number of rotatable bonds is 18. The lowest BCUT2D eigenvalue weighted by atomic mass is 9.54. The Labute approximate surface area is 681 Å². The van der Waals surface area contributed by atoms with Crippen LogP contribution in [0.2, 0.25) is 5.02 Å². The van der Waals surface area contributed by atoms with Crippen LogP contribution in [0.25, 0.3) is 11.1 Å². The highest BCUT2D eigenvalue weighted by Gasteiger charge is 2.51. The molecule has 21 N–H and O–H groups in total. The SMILES string of the molecule is CN[C@H](CC(C)C)C(=O)N[C@H]1C(=O)N[C@@H](CC(=O)NC(=O)Nc2ccc(OCCNS(C)(=O)=O)cc2)C(=O)N[C@H]2C(=O)N[C@H]3C(=O)N[C@H](C(=O)N[C@H](C(=O)NC4C5CC6CC(C5)CC4C6)c4cc(O)cc(O)c4-c4cc3ccc4O)[C@H](O)c3ccc(c(Cl)c3)Oc3cc2cc(c3O[C@@H]2O[C@H](CN)[C@@H](O)[C@H](O)[C@H]2O)Oc2ccc(cc2C)[C@H]1O. The fourth-order valence-electron chi connectivity index (χ4n) is 16.7. The molecule has 10 aliphatic rings. The molecular weight excluding hydrogens is 1580 g/mol. The summed E-state index contributed by atoms with van der Waals surface area (Å²) in [6.45, 7) is 4.52. The highest BCUT2D eigenvalue weighted by atomic mass is 35.5. The number of nitrogens with one attached hydrogen (secondary N) is 11. The van der Waals surface area contributed by atoms with Crippen molar-refractivity contribution in [1.29, 1.82) is 0 Å². The number of nitrogens with two attached hydrogens (primary N) is 1. The topological polar surface area (TPSA) is 554 Å². The summed E-state index contributed by atoms with van der Waals surface area (Å²) >= 11 is 7.18. The van der Waals surface area contributed by atoms with Gasteiger partial charge in [-0.25, -0.2) is 17.9 Å². The summed E-state index contributed by atoms with van der Waals surface area (Å²) in [6.07, 6.45) is -9.20. The summed E-state index contributed by atoms with van der Waals surface area (Å²) < 4.78 is 56.8. The fraction of sp³-hybridized carbons (Fsp3) is 0.438. The molecule has 10 amide bonds. The molecule has 118 heavy (non-hydrogen) atoms. The number of likely N-dealkylation sites (N-methyl/N-ethyl adjacent to an activating group) is 1. The van der Waals surface area contributed by atoms with E-state index in [0.717, 1.165) is 86.9 Å². The van der Waals surface area contributed by atoms with Gasteiger partial charge in [-0.05, 0) is 194 Å². The van der Waals surface area contributed by atoms with Crippen LogP contribution in [-0.4, -0.2) is 196 Å². The molecule has 0 radical (unpaired) electrons.